The van der Waals surface area contributed by atoms with Gasteiger partial charge in [-0.15, -0.1) is 0 Å². The van der Waals surface area contributed by atoms with Gasteiger partial charge in [0.05, 0.1) is 6.04 Å². The Labute approximate surface area is 242 Å². The maximum absolute atomic E-state index is 13.4. The number of hydrogen-bond donors (Lipinski definition) is 7. The zero-order valence-electron chi connectivity index (χ0n) is 22.9. The first-order chi connectivity index (χ1) is 20.0. The number of hydrogen-bond acceptors (Lipinski definition) is 11. The van der Waals surface area contributed by atoms with Crippen molar-refractivity contribution in [2.75, 3.05) is 13.2 Å². The van der Waals surface area contributed by atoms with Crippen LogP contribution in [0.1, 0.15) is 24.0 Å². The first kappa shape index (κ1) is 31.3. The summed E-state index contributed by atoms with van der Waals surface area (Å²) in [5.41, 5.74) is 7.66. The van der Waals surface area contributed by atoms with Crippen molar-refractivity contribution in [3.63, 3.8) is 0 Å². The Kier molecular flexibility index (Phi) is 10.5. The lowest BCUT2D eigenvalue weighted by Crippen LogP contribution is -2.59. The summed E-state index contributed by atoms with van der Waals surface area (Å²) < 4.78 is 10.4. The highest BCUT2D eigenvalue weighted by Crippen LogP contribution is 2.22. The molecule has 2 saturated heterocycles. The molecule has 0 aromatic heterocycles. The molecule has 13 heteroatoms. The van der Waals surface area contributed by atoms with Crippen LogP contribution >= 0.6 is 0 Å². The van der Waals surface area contributed by atoms with Crippen molar-refractivity contribution >= 4 is 17.8 Å². The predicted octanol–water partition coefficient (Wildman–Crippen LogP) is -1.68. The third kappa shape index (κ3) is 7.62. The van der Waals surface area contributed by atoms with E-state index in [1.54, 1.807) is 42.5 Å². The molecular formula is C29H37N3O10. The van der Waals surface area contributed by atoms with Crippen LogP contribution in [0.4, 0.5) is 0 Å². The van der Waals surface area contributed by atoms with Crippen molar-refractivity contribution in [2.24, 2.45) is 5.73 Å². The second kappa shape index (κ2) is 14.1. The van der Waals surface area contributed by atoms with E-state index in [-0.39, 0.29) is 18.6 Å². The molecule has 0 saturated carbocycles. The smallest absolute Gasteiger partial charge is 0.329 e. The Morgan fingerprint density at radius 1 is 0.952 bits per heavy atom. The normalized spacial score (nSPS) is 27.2. The van der Waals surface area contributed by atoms with E-state index in [0.29, 0.717) is 19.4 Å². The molecule has 8 atom stereocenters. The Hall–Kier alpha value is -3.59. The van der Waals surface area contributed by atoms with Crippen molar-refractivity contribution in [3.05, 3.63) is 65.7 Å². The standard InChI is InChI=1S/C29H37N3O10/c30-19(13-17-8-10-18(33)11-9-17)27(38)32-12-4-7-21(32)26(37)31-20(14-16-5-2-1-3-6-16)28(39)41-15-22-23(34)24(35)25(36)29(40)42-22/h1-3,5-6,8-11,19-25,29,33-36,40H,4,7,12-15,30H2,(H,31,37)/t19-,20-,21-,22+,23+,24-,25+,29?/m0/s1. The highest BCUT2D eigenvalue weighted by Gasteiger charge is 2.44. The highest BCUT2D eigenvalue weighted by molar-refractivity contribution is 5.92. The molecule has 2 aromatic carbocycles. The predicted molar refractivity (Wildman–Crippen MR) is 146 cm³/mol. The lowest BCUT2D eigenvalue weighted by atomic mass is 9.99. The number of aromatic hydroxyl groups is 1. The number of likely N-dealkylation sites (tertiary alicyclic amines) is 1. The number of carbonyl (C=O) groups is 3. The molecule has 1 unspecified atom stereocenters. The Morgan fingerprint density at radius 3 is 2.31 bits per heavy atom. The molecule has 4 rings (SSSR count). The van der Waals surface area contributed by atoms with E-state index in [4.69, 9.17) is 15.2 Å². The van der Waals surface area contributed by atoms with Crippen molar-refractivity contribution in [2.45, 2.75) is 74.5 Å². The maximum Gasteiger partial charge on any atom is 0.329 e. The third-order valence-corrected chi connectivity index (χ3v) is 7.51. The van der Waals surface area contributed by atoms with Gasteiger partial charge < -0.3 is 51.0 Å². The van der Waals surface area contributed by atoms with Gasteiger partial charge in [0.2, 0.25) is 11.8 Å². The summed E-state index contributed by atoms with van der Waals surface area (Å²) in [7, 11) is 0. The van der Waals surface area contributed by atoms with Crippen LogP contribution in [0.3, 0.4) is 0 Å². The van der Waals surface area contributed by atoms with Gasteiger partial charge in [0, 0.05) is 13.0 Å². The van der Waals surface area contributed by atoms with Gasteiger partial charge in [0.1, 0.15) is 48.9 Å². The number of phenols is 1. The fourth-order valence-corrected chi connectivity index (χ4v) is 5.13. The third-order valence-electron chi connectivity index (χ3n) is 7.51. The van der Waals surface area contributed by atoms with Crippen LogP contribution in [-0.2, 0) is 36.7 Å². The molecule has 0 radical (unpaired) electrons. The second-order valence-electron chi connectivity index (χ2n) is 10.6. The van der Waals surface area contributed by atoms with Gasteiger partial charge in [0.15, 0.2) is 6.29 Å². The van der Waals surface area contributed by atoms with E-state index in [2.05, 4.69) is 5.32 Å². The molecule has 0 bridgehead atoms. The summed E-state index contributed by atoms with van der Waals surface area (Å²) in [5.74, 6) is -1.74. The average Bonchev–Trinajstić information content (AvgIpc) is 3.48. The monoisotopic (exact) mass is 587 g/mol. The van der Waals surface area contributed by atoms with Crippen LogP contribution in [0.15, 0.2) is 54.6 Å². The summed E-state index contributed by atoms with van der Waals surface area (Å²) in [6, 6.07) is 12.2. The molecule has 2 amide bonds. The Balaban J connectivity index is 1.41. The van der Waals surface area contributed by atoms with Crippen LogP contribution in [-0.4, -0.2) is 110 Å². The van der Waals surface area contributed by atoms with Crippen LogP contribution in [0, 0.1) is 0 Å². The van der Waals surface area contributed by atoms with E-state index in [1.807, 2.05) is 0 Å². The number of ether oxygens (including phenoxy) is 2. The number of amides is 2. The summed E-state index contributed by atoms with van der Waals surface area (Å²) in [6.07, 6.45) is -7.00. The molecule has 2 aliphatic heterocycles. The fourth-order valence-electron chi connectivity index (χ4n) is 5.13. The van der Waals surface area contributed by atoms with Crippen molar-refractivity contribution in [1.82, 2.24) is 10.2 Å². The number of aliphatic hydroxyl groups is 4. The van der Waals surface area contributed by atoms with Crippen LogP contribution < -0.4 is 11.1 Å². The van der Waals surface area contributed by atoms with Crippen LogP contribution in [0.5, 0.6) is 5.75 Å². The maximum atomic E-state index is 13.4. The van der Waals surface area contributed by atoms with Gasteiger partial charge >= 0.3 is 5.97 Å². The van der Waals surface area contributed by atoms with Gasteiger partial charge in [0.25, 0.3) is 0 Å². The van der Waals surface area contributed by atoms with Crippen molar-refractivity contribution < 1.29 is 49.4 Å². The van der Waals surface area contributed by atoms with E-state index in [9.17, 15) is 39.9 Å². The van der Waals surface area contributed by atoms with Gasteiger partial charge in [-0.05, 0) is 42.5 Å². The summed E-state index contributed by atoms with van der Waals surface area (Å²) in [6.45, 7) is -0.246. The number of carbonyl (C=O) groups excluding carboxylic acids is 3. The molecule has 2 fully saturated rings. The molecule has 42 heavy (non-hydrogen) atoms. The topological polar surface area (TPSA) is 212 Å². The number of aliphatic hydroxyl groups excluding tert-OH is 4. The summed E-state index contributed by atoms with van der Waals surface area (Å²) in [4.78, 5) is 41.2. The second-order valence-corrected chi connectivity index (χ2v) is 10.6. The lowest BCUT2D eigenvalue weighted by Gasteiger charge is -2.38. The van der Waals surface area contributed by atoms with Gasteiger partial charge in [-0.1, -0.05) is 42.5 Å². The molecule has 2 heterocycles. The summed E-state index contributed by atoms with van der Waals surface area (Å²) in [5, 5.41) is 51.7. The van der Waals surface area contributed by atoms with Crippen molar-refractivity contribution in [1.29, 1.82) is 0 Å². The van der Waals surface area contributed by atoms with E-state index in [0.717, 1.165) is 11.1 Å². The molecule has 0 spiro atoms. The Bertz CT molecular complexity index is 1210. The molecule has 13 nitrogen and oxygen atoms in total. The number of phenolic OH excluding ortho intramolecular Hbond substituents is 1. The Morgan fingerprint density at radius 2 is 1.62 bits per heavy atom. The quantitative estimate of drug-likeness (QED) is 0.156. The van der Waals surface area contributed by atoms with Gasteiger partial charge in [-0.2, -0.15) is 0 Å². The van der Waals surface area contributed by atoms with E-state index < -0.39 is 73.2 Å². The number of nitrogens with zero attached hydrogens (tertiary/aromatic N) is 1. The average molecular weight is 588 g/mol. The molecule has 2 aromatic rings. The fraction of sp³-hybridized carbons (Fsp3) is 0.483. The van der Waals surface area contributed by atoms with Crippen LogP contribution in [0.2, 0.25) is 0 Å². The number of nitrogens with one attached hydrogen (secondary N) is 1. The molecule has 2 aliphatic rings. The minimum atomic E-state index is -1.79. The minimum absolute atomic E-state index is 0.0600. The zero-order valence-corrected chi connectivity index (χ0v) is 22.9. The summed E-state index contributed by atoms with van der Waals surface area (Å²) >= 11 is 0. The number of nitrogens with two attached hydrogens (primary N) is 1. The zero-order chi connectivity index (χ0) is 30.4. The first-order valence-corrected chi connectivity index (χ1v) is 13.8. The number of rotatable bonds is 10. The highest BCUT2D eigenvalue weighted by atomic mass is 16.6. The largest absolute Gasteiger partial charge is 0.508 e. The minimum Gasteiger partial charge on any atom is -0.508 e. The SMILES string of the molecule is N[C@@H](Cc1ccc(O)cc1)C(=O)N1CCC[C@H]1C(=O)N[C@@H](Cc1ccccc1)C(=O)OC[C@H]1OC(O)[C@H](O)[C@@H](O)[C@@H]1O. The van der Waals surface area contributed by atoms with E-state index in [1.165, 1.54) is 17.0 Å². The molecule has 8 N–H and O–H groups in total. The van der Waals surface area contributed by atoms with Gasteiger partial charge in [-0.3, -0.25) is 9.59 Å². The van der Waals surface area contributed by atoms with Crippen LogP contribution in [0.25, 0.3) is 0 Å². The number of esters is 1. The van der Waals surface area contributed by atoms with E-state index >= 15 is 0 Å². The first-order valence-electron chi connectivity index (χ1n) is 13.8. The molecular weight excluding hydrogens is 550 g/mol. The lowest BCUT2D eigenvalue weighted by molar-refractivity contribution is -0.287. The van der Waals surface area contributed by atoms with Gasteiger partial charge in [-0.25, -0.2) is 4.79 Å². The molecule has 228 valence electrons. The molecule has 0 aliphatic carbocycles. The van der Waals surface area contributed by atoms with Crippen molar-refractivity contribution in [3.8, 4) is 5.75 Å². The number of benzene rings is 2.